The van der Waals surface area contributed by atoms with E-state index in [1.807, 2.05) is 6.07 Å². The molecule has 16 heteroatoms. The Bertz CT molecular complexity index is 1430. The van der Waals surface area contributed by atoms with Gasteiger partial charge in [-0.25, -0.2) is 0 Å². The van der Waals surface area contributed by atoms with Crippen LogP contribution in [-0.4, -0.2) is 31.8 Å². The van der Waals surface area contributed by atoms with Gasteiger partial charge in [0.2, 0.25) is 0 Å². The molecule has 1 saturated carbocycles. The van der Waals surface area contributed by atoms with Crippen molar-refractivity contribution in [3.05, 3.63) is 46.1 Å². The lowest BCUT2D eigenvalue weighted by atomic mass is 10.0. The minimum absolute atomic E-state index is 0.00871. The van der Waals surface area contributed by atoms with E-state index in [2.05, 4.69) is 14.8 Å². The average molecular weight is 570 g/mol. The summed E-state index contributed by atoms with van der Waals surface area (Å²) in [5.74, 6) is -6.55. The number of nitriles is 1. The van der Waals surface area contributed by atoms with Gasteiger partial charge in [0.15, 0.2) is 5.69 Å². The number of rotatable bonds is 5. The predicted octanol–water partition coefficient (Wildman–Crippen LogP) is 6.32. The van der Waals surface area contributed by atoms with E-state index < -0.39 is 51.5 Å². The third-order valence-corrected chi connectivity index (χ3v) is 6.68. The second-order valence-electron chi connectivity index (χ2n) is 8.18. The molecule has 1 N–H and O–H groups in total. The highest BCUT2D eigenvalue weighted by Crippen LogP contribution is 2.50. The molecule has 1 aliphatic rings. The van der Waals surface area contributed by atoms with Gasteiger partial charge in [-0.3, -0.25) is 9.48 Å². The average Bonchev–Trinajstić information content (AvgIpc) is 3.21. The Morgan fingerprint density at radius 1 is 1.16 bits per heavy atom. The molecule has 196 valence electrons. The summed E-state index contributed by atoms with van der Waals surface area (Å²) in [5, 5.41) is 14.6. The van der Waals surface area contributed by atoms with E-state index in [1.54, 1.807) is 0 Å². The summed E-state index contributed by atoms with van der Waals surface area (Å²) in [5.41, 5.74) is -6.63. The van der Waals surface area contributed by atoms with Crippen LogP contribution in [0.3, 0.4) is 0 Å². The molecule has 37 heavy (non-hydrogen) atoms. The number of aromatic nitrogens is 3. The minimum Gasteiger partial charge on any atom is -0.334 e. The molecule has 3 aromatic rings. The molecule has 0 bridgehead atoms. The third-order valence-electron chi connectivity index (χ3n) is 5.55. The van der Waals surface area contributed by atoms with Crippen molar-refractivity contribution in [2.75, 3.05) is 0 Å². The van der Waals surface area contributed by atoms with Crippen LogP contribution in [0.1, 0.15) is 34.5 Å². The van der Waals surface area contributed by atoms with Crippen LogP contribution in [0.4, 0.5) is 35.1 Å². The molecular formula is C21H12ClF8N5OS. The maximum Gasteiger partial charge on any atom is 0.459 e. The van der Waals surface area contributed by atoms with Crippen molar-refractivity contribution in [1.29, 1.82) is 5.26 Å². The van der Waals surface area contributed by atoms with E-state index in [0.717, 1.165) is 13.1 Å². The molecule has 0 aliphatic heterocycles. The molecule has 2 aromatic heterocycles. The Morgan fingerprint density at radius 3 is 2.35 bits per heavy atom. The zero-order chi connectivity index (χ0) is 27.6. The van der Waals surface area contributed by atoms with E-state index in [-0.39, 0.29) is 26.5 Å². The summed E-state index contributed by atoms with van der Waals surface area (Å²) >= 11 is 6.49. The second kappa shape index (κ2) is 8.66. The molecule has 6 nitrogen and oxygen atoms in total. The maximum absolute atomic E-state index is 14.0. The molecule has 0 radical (unpaired) electrons. The summed E-state index contributed by atoms with van der Waals surface area (Å²) in [7, 11) is 0.799. The lowest BCUT2D eigenvalue weighted by Crippen LogP contribution is -2.36. The van der Waals surface area contributed by atoms with Gasteiger partial charge in [-0.2, -0.15) is 49.9 Å². The van der Waals surface area contributed by atoms with Gasteiger partial charge in [-0.1, -0.05) is 17.7 Å². The Hall–Kier alpha value is -3.25. The minimum atomic E-state index is -6.32. The van der Waals surface area contributed by atoms with Crippen molar-refractivity contribution < 1.29 is 39.9 Å². The molecule has 0 atom stereocenters. The van der Waals surface area contributed by atoms with Crippen LogP contribution in [0.2, 0.25) is 5.02 Å². The van der Waals surface area contributed by atoms with Crippen LogP contribution >= 0.6 is 23.1 Å². The highest BCUT2D eigenvalue weighted by atomic mass is 35.5. The molecule has 0 spiro atoms. The smallest absolute Gasteiger partial charge is 0.334 e. The number of carbonyl (C=O) groups is 1. The Balaban J connectivity index is 1.77. The number of alkyl halides is 8. The molecule has 0 saturated heterocycles. The summed E-state index contributed by atoms with van der Waals surface area (Å²) in [6, 6.07) is 6.97. The third kappa shape index (κ3) is 4.75. The largest absolute Gasteiger partial charge is 0.459 e. The second-order valence-corrected chi connectivity index (χ2v) is 9.40. The normalized spacial score (nSPS) is 15.4. The van der Waals surface area contributed by atoms with Gasteiger partial charge >= 0.3 is 18.3 Å². The van der Waals surface area contributed by atoms with E-state index in [0.29, 0.717) is 24.4 Å². The molecule has 1 fully saturated rings. The number of nitrogens with zero attached hydrogens (tertiary/aromatic N) is 4. The molecule has 1 aliphatic carbocycles. The number of nitrogens with one attached hydrogen (secondary N) is 1. The Labute approximate surface area is 211 Å². The van der Waals surface area contributed by atoms with Crippen LogP contribution in [0, 0.1) is 11.3 Å². The fourth-order valence-corrected chi connectivity index (χ4v) is 4.53. The van der Waals surface area contributed by atoms with Gasteiger partial charge < -0.3 is 5.32 Å². The lowest BCUT2D eigenvalue weighted by molar-refractivity contribution is -0.292. The molecule has 2 heterocycles. The fraction of sp³-hybridized carbons (Fsp3) is 0.333. The van der Waals surface area contributed by atoms with Gasteiger partial charge in [0.05, 0.1) is 32.9 Å². The molecule has 1 amide bonds. The van der Waals surface area contributed by atoms with Crippen LogP contribution in [0.25, 0.3) is 21.8 Å². The summed E-state index contributed by atoms with van der Waals surface area (Å²) in [6.07, 6.45) is -11.0. The summed E-state index contributed by atoms with van der Waals surface area (Å²) < 4.78 is 112. The summed E-state index contributed by atoms with van der Waals surface area (Å²) in [6.45, 7) is 0. The van der Waals surface area contributed by atoms with Crippen LogP contribution in [0.15, 0.2) is 24.3 Å². The van der Waals surface area contributed by atoms with Crippen molar-refractivity contribution in [3.63, 3.8) is 0 Å². The van der Waals surface area contributed by atoms with E-state index >= 15 is 0 Å². The van der Waals surface area contributed by atoms with Gasteiger partial charge in [0.1, 0.15) is 11.1 Å². The zero-order valence-electron chi connectivity index (χ0n) is 18.2. The topological polar surface area (TPSA) is 83.6 Å². The first-order valence-corrected chi connectivity index (χ1v) is 11.3. The first-order chi connectivity index (χ1) is 17.0. The SMILES string of the molecule is Cn1nc(C(F)(F)C(F)(F)F)c(C(F)(F)F)c1-c1cc(-c2ccc(Cl)c(C(=O)NC3(C#N)CC3)c2)ns1. The number of carbonyl (C=O) groups excluding carboxylic acids is 1. The maximum atomic E-state index is 14.0. The molecule has 1 aromatic carbocycles. The highest BCUT2D eigenvalue weighted by Gasteiger charge is 2.64. The number of benzene rings is 1. The lowest BCUT2D eigenvalue weighted by Gasteiger charge is -2.19. The monoisotopic (exact) mass is 569 g/mol. The Kier molecular flexibility index (Phi) is 6.27. The number of hydrogen-bond acceptors (Lipinski definition) is 5. The first kappa shape index (κ1) is 26.8. The van der Waals surface area contributed by atoms with Crippen LogP contribution in [-0.2, 0) is 19.1 Å². The number of hydrogen-bond donors (Lipinski definition) is 1. The van der Waals surface area contributed by atoms with Crippen molar-refractivity contribution in [1.82, 2.24) is 19.5 Å². The van der Waals surface area contributed by atoms with E-state index in [9.17, 15) is 39.9 Å². The van der Waals surface area contributed by atoms with Gasteiger partial charge in [-0.05, 0) is 42.6 Å². The number of amides is 1. The Morgan fingerprint density at radius 2 is 1.81 bits per heavy atom. The first-order valence-electron chi connectivity index (χ1n) is 10.1. The van der Waals surface area contributed by atoms with Crippen LogP contribution < -0.4 is 5.32 Å². The van der Waals surface area contributed by atoms with Crippen molar-refractivity contribution in [2.45, 2.75) is 36.7 Å². The van der Waals surface area contributed by atoms with Crippen molar-refractivity contribution in [3.8, 4) is 27.9 Å². The predicted molar refractivity (Wildman–Crippen MR) is 115 cm³/mol. The molecular weight excluding hydrogens is 558 g/mol. The standard InChI is InChI=1S/C21H12ClF8N5OS/c1-35-15(14(20(25,26)27)16(33-35)19(23,24)21(28,29)30)13-7-12(34-37-13)9-2-3-11(22)10(6-9)17(36)32-18(8-31)4-5-18/h2-3,6-7H,4-5H2,1H3,(H,32,36). The zero-order valence-corrected chi connectivity index (χ0v) is 19.8. The van der Waals surface area contributed by atoms with Gasteiger partial charge in [0, 0.05) is 12.6 Å². The van der Waals surface area contributed by atoms with E-state index in [1.165, 1.54) is 18.2 Å². The van der Waals surface area contributed by atoms with Gasteiger partial charge in [0.25, 0.3) is 5.91 Å². The number of aryl methyl sites for hydroxylation is 1. The van der Waals surface area contributed by atoms with E-state index in [4.69, 9.17) is 16.9 Å². The molecule has 0 unspecified atom stereocenters. The van der Waals surface area contributed by atoms with Crippen molar-refractivity contribution in [2.24, 2.45) is 7.05 Å². The quantitative estimate of drug-likeness (QED) is 0.364. The number of halogens is 9. The fourth-order valence-electron chi connectivity index (χ4n) is 3.49. The summed E-state index contributed by atoms with van der Waals surface area (Å²) in [4.78, 5) is 12.2. The van der Waals surface area contributed by atoms with Gasteiger partial charge in [-0.15, -0.1) is 0 Å². The highest BCUT2D eigenvalue weighted by molar-refractivity contribution is 7.09. The van der Waals surface area contributed by atoms with Crippen molar-refractivity contribution >= 4 is 29.0 Å². The van der Waals surface area contributed by atoms with Crippen LogP contribution in [0.5, 0.6) is 0 Å². The molecule has 4 rings (SSSR count).